The monoisotopic (exact) mass is 348 g/mol. The molecule has 7 heteroatoms. The molecule has 3 aliphatic rings. The van der Waals surface area contributed by atoms with Crippen LogP contribution in [-0.4, -0.2) is 53.3 Å². The maximum atomic E-state index is 12.1. The average molecular weight is 348 g/mol. The van der Waals surface area contributed by atoms with Gasteiger partial charge < -0.3 is 14.6 Å². The molecule has 7 nitrogen and oxygen atoms in total. The maximum absolute atomic E-state index is 12.1. The Kier molecular flexibility index (Phi) is 5.31. The number of carbonyl (C=O) groups excluding carboxylic acids is 1. The summed E-state index contributed by atoms with van der Waals surface area (Å²) in [6.45, 7) is 4.23. The summed E-state index contributed by atoms with van der Waals surface area (Å²) in [7, 11) is 0. The molecule has 0 bridgehead atoms. The standard InChI is InChI=1S/C18H28N4O3/c23-17(13-2-1-3-13)19-15-4-8-22(9-5-15)12-16-20-18(25-21-16)14-6-10-24-11-7-14/h13-15H,1-12H2,(H,19,23). The van der Waals surface area contributed by atoms with E-state index in [1.54, 1.807) is 0 Å². The lowest BCUT2D eigenvalue weighted by atomic mass is 9.84. The largest absolute Gasteiger partial charge is 0.381 e. The molecule has 1 N–H and O–H groups in total. The van der Waals surface area contributed by atoms with Crippen molar-refractivity contribution in [2.75, 3.05) is 26.3 Å². The van der Waals surface area contributed by atoms with E-state index in [-0.39, 0.29) is 11.8 Å². The summed E-state index contributed by atoms with van der Waals surface area (Å²) in [6, 6.07) is 0.326. The zero-order chi connectivity index (χ0) is 17.1. The number of rotatable bonds is 5. The Morgan fingerprint density at radius 1 is 1.12 bits per heavy atom. The summed E-state index contributed by atoms with van der Waals surface area (Å²) in [5.41, 5.74) is 0. The van der Waals surface area contributed by atoms with Crippen molar-refractivity contribution in [3.8, 4) is 0 Å². The van der Waals surface area contributed by atoms with Crippen LogP contribution in [0.4, 0.5) is 0 Å². The van der Waals surface area contributed by atoms with E-state index in [0.29, 0.717) is 12.0 Å². The summed E-state index contributed by atoms with van der Waals surface area (Å²) in [6.07, 6.45) is 7.28. The van der Waals surface area contributed by atoms with Gasteiger partial charge in [0.25, 0.3) is 0 Å². The van der Waals surface area contributed by atoms with Crippen molar-refractivity contribution >= 4 is 5.91 Å². The van der Waals surface area contributed by atoms with Gasteiger partial charge in [0.05, 0.1) is 6.54 Å². The molecule has 1 saturated carbocycles. The smallest absolute Gasteiger partial charge is 0.229 e. The number of nitrogens with one attached hydrogen (secondary N) is 1. The van der Waals surface area contributed by atoms with Crippen molar-refractivity contribution < 1.29 is 14.1 Å². The fourth-order valence-corrected chi connectivity index (χ4v) is 3.87. The van der Waals surface area contributed by atoms with E-state index in [0.717, 1.165) is 83.1 Å². The number of likely N-dealkylation sites (tertiary alicyclic amines) is 1. The molecule has 0 radical (unpaired) electrons. The lowest BCUT2D eigenvalue weighted by molar-refractivity contribution is -0.128. The number of nitrogens with zero attached hydrogens (tertiary/aromatic N) is 3. The minimum Gasteiger partial charge on any atom is -0.381 e. The molecule has 1 aliphatic carbocycles. The summed E-state index contributed by atoms with van der Waals surface area (Å²) in [5.74, 6) is 2.44. The fraction of sp³-hybridized carbons (Fsp3) is 0.833. The highest BCUT2D eigenvalue weighted by Gasteiger charge is 2.29. The molecule has 3 heterocycles. The summed E-state index contributed by atoms with van der Waals surface area (Å²) in [4.78, 5) is 19.0. The Balaban J connectivity index is 1.22. The predicted molar refractivity (Wildman–Crippen MR) is 90.9 cm³/mol. The van der Waals surface area contributed by atoms with Crippen LogP contribution in [0.15, 0.2) is 4.52 Å². The van der Waals surface area contributed by atoms with Gasteiger partial charge in [-0.05, 0) is 38.5 Å². The average Bonchev–Trinajstić information content (AvgIpc) is 3.04. The molecule has 0 unspecified atom stereocenters. The topological polar surface area (TPSA) is 80.5 Å². The number of hydrogen-bond donors (Lipinski definition) is 1. The molecule has 4 rings (SSSR count). The van der Waals surface area contributed by atoms with Gasteiger partial charge in [0, 0.05) is 44.2 Å². The lowest BCUT2D eigenvalue weighted by Gasteiger charge is -2.33. The zero-order valence-electron chi connectivity index (χ0n) is 14.8. The highest BCUT2D eigenvalue weighted by atomic mass is 16.5. The van der Waals surface area contributed by atoms with Crippen LogP contribution in [0.3, 0.4) is 0 Å². The van der Waals surface area contributed by atoms with Crippen LogP contribution in [0, 0.1) is 5.92 Å². The van der Waals surface area contributed by atoms with Crippen molar-refractivity contribution in [2.24, 2.45) is 5.92 Å². The molecule has 0 aromatic carbocycles. The summed E-state index contributed by atoms with van der Waals surface area (Å²) >= 11 is 0. The van der Waals surface area contributed by atoms with Crippen molar-refractivity contribution in [1.29, 1.82) is 0 Å². The van der Waals surface area contributed by atoms with E-state index in [4.69, 9.17) is 9.26 Å². The molecule has 2 saturated heterocycles. The Bertz CT molecular complexity index is 573. The van der Waals surface area contributed by atoms with Crippen LogP contribution in [0.2, 0.25) is 0 Å². The molecule has 2 aliphatic heterocycles. The molecule has 1 aromatic heterocycles. The number of piperidine rings is 1. The SMILES string of the molecule is O=C(NC1CCN(Cc2noc(C3CCOCC3)n2)CC1)C1CCC1. The van der Waals surface area contributed by atoms with Crippen LogP contribution in [-0.2, 0) is 16.1 Å². The van der Waals surface area contributed by atoms with Gasteiger partial charge in [-0.25, -0.2) is 0 Å². The first kappa shape index (κ1) is 17.0. The van der Waals surface area contributed by atoms with Crippen molar-refractivity contribution in [3.05, 3.63) is 11.7 Å². The molecule has 3 fully saturated rings. The predicted octanol–water partition coefficient (Wildman–Crippen LogP) is 1.84. The molecule has 1 aromatic rings. The van der Waals surface area contributed by atoms with Crippen molar-refractivity contribution in [2.45, 2.75) is 63.5 Å². The number of carbonyl (C=O) groups is 1. The molecule has 1 amide bonds. The zero-order valence-corrected chi connectivity index (χ0v) is 14.8. The van der Waals surface area contributed by atoms with E-state index < -0.39 is 0 Å². The third-order valence-corrected chi connectivity index (χ3v) is 5.83. The third-order valence-electron chi connectivity index (χ3n) is 5.83. The van der Waals surface area contributed by atoms with Gasteiger partial charge in [-0.1, -0.05) is 11.6 Å². The second-order valence-electron chi connectivity index (χ2n) is 7.62. The number of ether oxygens (including phenoxy) is 1. The van der Waals surface area contributed by atoms with E-state index in [9.17, 15) is 4.79 Å². The Labute approximate surface area is 148 Å². The van der Waals surface area contributed by atoms with Gasteiger partial charge in [-0.15, -0.1) is 0 Å². The quantitative estimate of drug-likeness (QED) is 0.875. The first-order chi connectivity index (χ1) is 12.3. The van der Waals surface area contributed by atoms with Crippen molar-refractivity contribution in [1.82, 2.24) is 20.4 Å². The van der Waals surface area contributed by atoms with Crippen LogP contribution < -0.4 is 5.32 Å². The van der Waals surface area contributed by atoms with Gasteiger partial charge in [0.15, 0.2) is 5.82 Å². The fourth-order valence-electron chi connectivity index (χ4n) is 3.87. The van der Waals surface area contributed by atoms with Gasteiger partial charge in [0.1, 0.15) is 0 Å². The summed E-state index contributed by atoms with van der Waals surface area (Å²) in [5, 5.41) is 7.38. The maximum Gasteiger partial charge on any atom is 0.229 e. The second kappa shape index (κ2) is 7.83. The molecule has 0 atom stereocenters. The molecule has 25 heavy (non-hydrogen) atoms. The van der Waals surface area contributed by atoms with E-state index >= 15 is 0 Å². The third kappa shape index (κ3) is 4.20. The molecule has 0 spiro atoms. The number of hydrogen-bond acceptors (Lipinski definition) is 6. The van der Waals surface area contributed by atoms with E-state index in [2.05, 4.69) is 20.4 Å². The molecule has 138 valence electrons. The van der Waals surface area contributed by atoms with E-state index in [1.165, 1.54) is 6.42 Å². The first-order valence-corrected chi connectivity index (χ1v) is 9.71. The van der Waals surface area contributed by atoms with E-state index in [1.807, 2.05) is 0 Å². The van der Waals surface area contributed by atoms with Gasteiger partial charge in [-0.3, -0.25) is 9.69 Å². The Morgan fingerprint density at radius 3 is 2.56 bits per heavy atom. The minimum absolute atomic E-state index is 0.268. The Hall–Kier alpha value is -1.47. The van der Waals surface area contributed by atoms with Gasteiger partial charge in [-0.2, -0.15) is 4.98 Å². The highest BCUT2D eigenvalue weighted by Crippen LogP contribution is 2.27. The second-order valence-corrected chi connectivity index (χ2v) is 7.62. The van der Waals surface area contributed by atoms with Crippen LogP contribution >= 0.6 is 0 Å². The minimum atomic E-state index is 0.268. The first-order valence-electron chi connectivity index (χ1n) is 9.71. The number of amides is 1. The van der Waals surface area contributed by atoms with Gasteiger partial charge >= 0.3 is 0 Å². The molecular formula is C18H28N4O3. The highest BCUT2D eigenvalue weighted by molar-refractivity contribution is 5.79. The normalized spacial score (nSPS) is 24.2. The molecular weight excluding hydrogens is 320 g/mol. The number of aromatic nitrogens is 2. The van der Waals surface area contributed by atoms with Crippen molar-refractivity contribution in [3.63, 3.8) is 0 Å². The van der Waals surface area contributed by atoms with Crippen LogP contribution in [0.25, 0.3) is 0 Å². The Morgan fingerprint density at radius 2 is 1.88 bits per heavy atom. The van der Waals surface area contributed by atoms with Gasteiger partial charge in [0.2, 0.25) is 11.8 Å². The lowest BCUT2D eigenvalue weighted by Crippen LogP contribution is -2.47. The summed E-state index contributed by atoms with van der Waals surface area (Å²) < 4.78 is 10.8. The van der Waals surface area contributed by atoms with Crippen LogP contribution in [0.5, 0.6) is 0 Å². The van der Waals surface area contributed by atoms with Crippen LogP contribution in [0.1, 0.15) is 62.6 Å².